The van der Waals surface area contributed by atoms with Crippen LogP contribution in [0.2, 0.25) is 0 Å². The number of aliphatic hydroxyl groups is 2. The van der Waals surface area contributed by atoms with Gasteiger partial charge in [0.2, 0.25) is 0 Å². The van der Waals surface area contributed by atoms with Gasteiger partial charge in [-0.25, -0.2) is 4.79 Å². The lowest BCUT2D eigenvalue weighted by atomic mass is 9.79. The van der Waals surface area contributed by atoms with E-state index < -0.39 is 12.2 Å². The van der Waals surface area contributed by atoms with Gasteiger partial charge in [-0.3, -0.25) is 0 Å². The highest BCUT2D eigenvalue weighted by atomic mass is 16.6. The van der Waals surface area contributed by atoms with Gasteiger partial charge in [0.05, 0.1) is 12.6 Å². The van der Waals surface area contributed by atoms with Crippen molar-refractivity contribution in [2.75, 3.05) is 19.7 Å². The van der Waals surface area contributed by atoms with Crippen molar-refractivity contribution in [1.29, 1.82) is 0 Å². The lowest BCUT2D eigenvalue weighted by Gasteiger charge is -2.40. The number of carbonyl (C=O) groups is 1. The van der Waals surface area contributed by atoms with Gasteiger partial charge in [-0.1, -0.05) is 42.5 Å². The first-order valence-corrected chi connectivity index (χ1v) is 8.62. The molecule has 0 radical (unpaired) electrons. The van der Waals surface area contributed by atoms with Crippen molar-refractivity contribution in [2.45, 2.75) is 18.6 Å². The Morgan fingerprint density at radius 1 is 1.08 bits per heavy atom. The number of piperidine rings is 1. The minimum atomic E-state index is -0.824. The second-order valence-electron chi connectivity index (χ2n) is 6.57. The Morgan fingerprint density at radius 2 is 1.77 bits per heavy atom. The molecule has 1 aliphatic rings. The molecule has 2 aromatic carbocycles. The molecular weight excluding hydrogens is 334 g/mol. The molecule has 3 rings (SSSR count). The van der Waals surface area contributed by atoms with Crippen LogP contribution < -0.4 is 0 Å². The minimum Gasteiger partial charge on any atom is -0.508 e. The number of ether oxygens (including phenoxy) is 1. The average molecular weight is 357 g/mol. The first-order valence-electron chi connectivity index (χ1n) is 8.62. The molecular formula is C20H23NO5. The zero-order valence-corrected chi connectivity index (χ0v) is 14.4. The van der Waals surface area contributed by atoms with Crippen molar-refractivity contribution in [3.63, 3.8) is 0 Å². The van der Waals surface area contributed by atoms with Crippen LogP contribution in [-0.2, 0) is 11.3 Å². The zero-order chi connectivity index (χ0) is 18.5. The summed E-state index contributed by atoms with van der Waals surface area (Å²) in [6.45, 7) is 0.435. The second-order valence-corrected chi connectivity index (χ2v) is 6.57. The molecule has 26 heavy (non-hydrogen) atoms. The van der Waals surface area contributed by atoms with Crippen LogP contribution in [0.15, 0.2) is 54.6 Å². The lowest BCUT2D eigenvalue weighted by Crippen LogP contribution is -2.51. The number of hydrogen-bond acceptors (Lipinski definition) is 5. The summed E-state index contributed by atoms with van der Waals surface area (Å²) in [5, 5.41) is 29.8. The Hall–Kier alpha value is -2.57. The molecule has 3 atom stereocenters. The summed E-state index contributed by atoms with van der Waals surface area (Å²) in [7, 11) is 0. The van der Waals surface area contributed by atoms with Crippen LogP contribution in [0.25, 0.3) is 0 Å². The summed E-state index contributed by atoms with van der Waals surface area (Å²) in [5.74, 6) is -0.475. The predicted molar refractivity (Wildman–Crippen MR) is 95.6 cm³/mol. The topological polar surface area (TPSA) is 90.2 Å². The molecule has 0 spiro atoms. The van der Waals surface area contributed by atoms with E-state index in [0.717, 1.165) is 11.1 Å². The second kappa shape index (κ2) is 8.21. The first-order chi connectivity index (χ1) is 12.6. The molecule has 0 saturated carbocycles. The van der Waals surface area contributed by atoms with Gasteiger partial charge in [-0.2, -0.15) is 0 Å². The van der Waals surface area contributed by atoms with Crippen molar-refractivity contribution in [3.8, 4) is 5.75 Å². The van der Waals surface area contributed by atoms with Gasteiger partial charge in [-0.15, -0.1) is 0 Å². The van der Waals surface area contributed by atoms with Gasteiger partial charge >= 0.3 is 6.09 Å². The Balaban J connectivity index is 1.65. The number of aromatic hydroxyl groups is 1. The summed E-state index contributed by atoms with van der Waals surface area (Å²) in [6.07, 6.45) is -1.33. The quantitative estimate of drug-likeness (QED) is 0.780. The SMILES string of the molecule is O=C(OCc1ccccc1)N1C[C@@H](CO)[C@H](c2ccc(O)cc2)[C@@H](O)C1. The molecule has 1 amide bonds. The van der Waals surface area contributed by atoms with E-state index in [1.165, 1.54) is 4.90 Å². The molecule has 0 aromatic heterocycles. The number of nitrogens with zero attached hydrogens (tertiary/aromatic N) is 1. The van der Waals surface area contributed by atoms with Gasteiger partial charge in [-0.05, 0) is 23.3 Å². The van der Waals surface area contributed by atoms with Crippen LogP contribution in [0.3, 0.4) is 0 Å². The number of rotatable bonds is 4. The van der Waals surface area contributed by atoms with E-state index in [1.807, 2.05) is 30.3 Å². The highest BCUT2D eigenvalue weighted by Crippen LogP contribution is 2.34. The van der Waals surface area contributed by atoms with E-state index in [2.05, 4.69) is 0 Å². The molecule has 6 nitrogen and oxygen atoms in total. The van der Waals surface area contributed by atoms with Crippen LogP contribution in [0, 0.1) is 5.92 Å². The summed E-state index contributed by atoms with van der Waals surface area (Å²) < 4.78 is 5.33. The Labute approximate surface area is 152 Å². The predicted octanol–water partition coefficient (Wildman–Crippen LogP) is 2.10. The number of aliphatic hydroxyl groups excluding tert-OH is 2. The average Bonchev–Trinajstić information content (AvgIpc) is 2.67. The van der Waals surface area contributed by atoms with Crippen LogP contribution in [0.1, 0.15) is 17.0 Å². The molecule has 2 aromatic rings. The Morgan fingerprint density at radius 3 is 2.42 bits per heavy atom. The Bertz CT molecular complexity index is 719. The van der Waals surface area contributed by atoms with Crippen molar-refractivity contribution in [2.24, 2.45) is 5.92 Å². The third-order valence-electron chi connectivity index (χ3n) is 4.76. The fourth-order valence-corrected chi connectivity index (χ4v) is 3.45. The van der Waals surface area contributed by atoms with Crippen LogP contribution in [0.4, 0.5) is 4.79 Å². The number of phenolic OH excluding ortho intramolecular Hbond substituents is 1. The van der Waals surface area contributed by atoms with Crippen LogP contribution in [0.5, 0.6) is 5.75 Å². The summed E-state index contributed by atoms with van der Waals surface area (Å²) in [5.41, 5.74) is 1.71. The third-order valence-corrected chi connectivity index (χ3v) is 4.76. The number of β-amino-alcohol motifs (C(OH)–C–C–N with tert-alkyl or cyclic N) is 1. The van der Waals surface area contributed by atoms with Gasteiger partial charge in [0.15, 0.2) is 0 Å². The van der Waals surface area contributed by atoms with Crippen molar-refractivity contribution < 1.29 is 24.9 Å². The largest absolute Gasteiger partial charge is 0.508 e. The fourth-order valence-electron chi connectivity index (χ4n) is 3.45. The number of hydrogen-bond donors (Lipinski definition) is 3. The minimum absolute atomic E-state index is 0.135. The number of amides is 1. The van der Waals surface area contributed by atoms with E-state index in [-0.39, 0.29) is 37.3 Å². The van der Waals surface area contributed by atoms with Crippen molar-refractivity contribution >= 4 is 6.09 Å². The van der Waals surface area contributed by atoms with Gasteiger partial charge in [0.25, 0.3) is 0 Å². The summed E-state index contributed by atoms with van der Waals surface area (Å²) in [4.78, 5) is 13.8. The third kappa shape index (κ3) is 4.15. The monoisotopic (exact) mass is 357 g/mol. The van der Waals surface area contributed by atoms with Gasteiger partial charge in [0, 0.05) is 25.0 Å². The molecule has 3 N–H and O–H groups in total. The lowest BCUT2D eigenvalue weighted by molar-refractivity contribution is -0.00405. The van der Waals surface area contributed by atoms with E-state index in [4.69, 9.17) is 4.74 Å². The van der Waals surface area contributed by atoms with Crippen molar-refractivity contribution in [3.05, 3.63) is 65.7 Å². The molecule has 1 aliphatic heterocycles. The first kappa shape index (κ1) is 18.2. The van der Waals surface area contributed by atoms with E-state index >= 15 is 0 Å². The zero-order valence-electron chi connectivity index (χ0n) is 14.4. The van der Waals surface area contributed by atoms with Crippen molar-refractivity contribution in [1.82, 2.24) is 4.90 Å². The molecule has 0 bridgehead atoms. The highest BCUT2D eigenvalue weighted by Gasteiger charge is 2.38. The summed E-state index contributed by atoms with van der Waals surface area (Å²) in [6, 6.07) is 15.9. The van der Waals surface area contributed by atoms with E-state index in [1.54, 1.807) is 24.3 Å². The maximum Gasteiger partial charge on any atom is 0.410 e. The molecule has 1 saturated heterocycles. The molecule has 0 aliphatic carbocycles. The number of phenols is 1. The summed E-state index contributed by atoms with van der Waals surface area (Å²) >= 11 is 0. The highest BCUT2D eigenvalue weighted by molar-refractivity contribution is 5.68. The number of benzene rings is 2. The van der Waals surface area contributed by atoms with Gasteiger partial charge in [0.1, 0.15) is 12.4 Å². The number of likely N-dealkylation sites (tertiary alicyclic amines) is 1. The maximum absolute atomic E-state index is 12.3. The maximum atomic E-state index is 12.3. The van der Waals surface area contributed by atoms with Crippen LogP contribution in [-0.4, -0.2) is 52.1 Å². The molecule has 1 fully saturated rings. The molecule has 6 heteroatoms. The normalized spacial score (nSPS) is 22.8. The molecule has 1 heterocycles. The number of carbonyl (C=O) groups excluding carboxylic acids is 1. The Kier molecular flexibility index (Phi) is 5.75. The van der Waals surface area contributed by atoms with Gasteiger partial charge < -0.3 is 25.0 Å². The fraction of sp³-hybridized carbons (Fsp3) is 0.350. The standard InChI is InChI=1S/C20H23NO5/c22-12-16-10-21(20(25)26-13-14-4-2-1-3-5-14)11-18(24)19(16)15-6-8-17(23)9-7-15/h1-9,16,18-19,22-24H,10-13H2/t16-,18-,19-/m0/s1. The molecule has 0 unspecified atom stereocenters. The smallest absolute Gasteiger partial charge is 0.410 e. The van der Waals surface area contributed by atoms with E-state index in [9.17, 15) is 20.1 Å². The molecule has 138 valence electrons. The van der Waals surface area contributed by atoms with E-state index in [0.29, 0.717) is 6.54 Å². The van der Waals surface area contributed by atoms with Crippen LogP contribution >= 0.6 is 0 Å².